The summed E-state index contributed by atoms with van der Waals surface area (Å²) in [6, 6.07) is 54.3. The largest absolute Gasteiger partial charge is 0.455 e. The summed E-state index contributed by atoms with van der Waals surface area (Å²) < 4.78 is 26.9. The van der Waals surface area contributed by atoms with Gasteiger partial charge in [0.05, 0.1) is 0 Å². The Morgan fingerprint density at radius 1 is 0.262 bits per heavy atom. The molecule has 0 spiro atoms. The molecule has 4 nitrogen and oxygen atoms in total. The van der Waals surface area contributed by atoms with Gasteiger partial charge in [-0.1, -0.05) is 195 Å². The molecule has 0 aliphatic carbocycles. The molecule has 6 aromatic rings. The van der Waals surface area contributed by atoms with Gasteiger partial charge in [-0.15, -0.1) is 0 Å². The summed E-state index contributed by atoms with van der Waals surface area (Å²) in [6.07, 6.45) is 7.58. The van der Waals surface area contributed by atoms with Crippen molar-refractivity contribution in [2.24, 2.45) is 0 Å². The Bertz CT molecular complexity index is 2700. The molecular formula is C72H120O4Si8. The average molecular weight is 1270 g/mol. The van der Waals surface area contributed by atoms with Crippen molar-refractivity contribution in [3.63, 3.8) is 0 Å². The smallest absolute Gasteiger partial charge is 0.206 e. The van der Waals surface area contributed by atoms with E-state index < -0.39 is 66.5 Å². The van der Waals surface area contributed by atoms with Gasteiger partial charge in [0.25, 0.3) is 0 Å². The molecule has 0 bridgehead atoms. The molecule has 0 saturated heterocycles. The lowest BCUT2D eigenvalue weighted by Crippen LogP contribution is -2.57. The second kappa shape index (κ2) is 32.9. The molecule has 0 aliphatic heterocycles. The second-order valence-corrected chi connectivity index (χ2v) is 62.7. The van der Waals surface area contributed by atoms with E-state index in [4.69, 9.17) is 16.5 Å². The van der Waals surface area contributed by atoms with Crippen LogP contribution in [0.1, 0.15) is 95.2 Å². The van der Waals surface area contributed by atoms with Crippen LogP contribution in [0.25, 0.3) is 0 Å². The van der Waals surface area contributed by atoms with E-state index in [1.807, 2.05) is 0 Å². The minimum absolute atomic E-state index is 1.14. The van der Waals surface area contributed by atoms with E-state index in [1.165, 1.54) is 126 Å². The lowest BCUT2D eigenvalue weighted by atomic mass is 10.1. The van der Waals surface area contributed by atoms with Gasteiger partial charge < -0.3 is 16.5 Å². The molecule has 464 valence electrons. The van der Waals surface area contributed by atoms with Crippen molar-refractivity contribution in [3.8, 4) is 0 Å². The molecule has 0 saturated carbocycles. The third-order valence-electron chi connectivity index (χ3n) is 16.6. The average Bonchev–Trinajstić information content (AvgIpc) is 3.58. The standard InChI is InChI=1S/C22H34OSi2.C20H30OSi2.C18H26OSi2.C12H30OSi2/c1-19-7-11-21(12-8-19)15-17-24(3,4)23-25(5,6)18-16-22-13-9-20(2)10-14-22;1-15-9-11-19(13-17(15)3)22(5,6)21-23(7,8)20-12-10-16(2)18(4)14-20;1-15-7-11-17(12-8-15)20(3,4)19-21(5,6)18-13-9-16(2)10-14-18;1-7-9-11-14(3,4)13-15(5,6)12-10-8-2/h7-14H,15-18H2,1-6H3;9-14H,1-8H3;7-14H,1-6H3;7-12H2,1-6H3. The first-order chi connectivity index (χ1) is 38.7. The number of hydrogen-bond donors (Lipinski definition) is 0. The highest BCUT2D eigenvalue weighted by molar-refractivity contribution is 6.97. The third-order valence-corrected chi connectivity index (χ3v) is 46.4. The Morgan fingerprint density at radius 2 is 0.500 bits per heavy atom. The van der Waals surface area contributed by atoms with Crippen molar-refractivity contribution in [2.45, 2.75) is 237 Å². The third kappa shape index (κ3) is 27.1. The van der Waals surface area contributed by atoms with Gasteiger partial charge in [0.15, 0.2) is 33.3 Å². The Hall–Kier alpha value is -3.10. The summed E-state index contributed by atoms with van der Waals surface area (Å²) in [5, 5.41) is 5.54. The molecule has 0 heterocycles. The number of benzene rings is 6. The second-order valence-electron chi connectivity index (χ2n) is 29.0. The maximum atomic E-state index is 6.86. The van der Waals surface area contributed by atoms with Gasteiger partial charge in [0.1, 0.15) is 0 Å². The molecule has 84 heavy (non-hydrogen) atoms. The number of rotatable bonds is 24. The van der Waals surface area contributed by atoms with Crippen LogP contribution in [0, 0.1) is 55.4 Å². The quantitative estimate of drug-likeness (QED) is 0.0566. The lowest BCUT2D eigenvalue weighted by molar-refractivity contribution is 0.528. The zero-order valence-corrected chi connectivity index (χ0v) is 66.4. The Balaban J connectivity index is 0.000000298. The highest BCUT2D eigenvalue weighted by Gasteiger charge is 2.38. The van der Waals surface area contributed by atoms with Crippen LogP contribution in [0.5, 0.6) is 0 Å². The molecule has 0 N–H and O–H groups in total. The summed E-state index contributed by atoms with van der Waals surface area (Å²) in [7, 11) is -13.5. The summed E-state index contributed by atoms with van der Waals surface area (Å²) >= 11 is 0. The zero-order valence-electron chi connectivity index (χ0n) is 58.4. The SMILES string of the molecule is CCCC[Si](C)(C)O[Si](C)(C)CCCC.Cc1ccc(CC[Si](C)(C)O[Si](C)(C)CCc2ccc(C)cc2)cc1.Cc1ccc([Si](C)(C)O[Si](C)(C)c2ccc(C)c(C)c2)cc1C.Cc1ccc([Si](C)(C)O[Si](C)(C)c2ccc(C)cc2)cc1. The first kappa shape index (κ1) is 75.1. The van der Waals surface area contributed by atoms with Gasteiger partial charge in [0, 0.05) is 0 Å². The van der Waals surface area contributed by atoms with E-state index in [1.54, 1.807) is 0 Å². The molecule has 0 aliphatic rings. The Morgan fingerprint density at radius 3 is 0.762 bits per heavy atom. The summed E-state index contributed by atoms with van der Waals surface area (Å²) in [5.74, 6) is 0. The van der Waals surface area contributed by atoms with E-state index in [0.717, 1.165) is 12.8 Å². The molecule has 12 heteroatoms. The van der Waals surface area contributed by atoms with Crippen LogP contribution in [0.4, 0.5) is 0 Å². The van der Waals surface area contributed by atoms with E-state index in [2.05, 4.69) is 307 Å². The summed E-state index contributed by atoms with van der Waals surface area (Å²) in [5.41, 5.74) is 13.6. The molecule has 6 rings (SSSR count). The van der Waals surface area contributed by atoms with Crippen LogP contribution in [0.2, 0.25) is 129 Å². The highest BCUT2D eigenvalue weighted by atomic mass is 28.4. The van der Waals surface area contributed by atoms with Crippen LogP contribution in [0.3, 0.4) is 0 Å². The molecule has 0 atom stereocenters. The molecule has 0 fully saturated rings. The van der Waals surface area contributed by atoms with Crippen LogP contribution < -0.4 is 20.7 Å². The van der Waals surface area contributed by atoms with E-state index >= 15 is 0 Å². The van der Waals surface area contributed by atoms with Crippen LogP contribution in [-0.2, 0) is 29.3 Å². The van der Waals surface area contributed by atoms with Crippen molar-refractivity contribution in [1.29, 1.82) is 0 Å². The van der Waals surface area contributed by atoms with Crippen LogP contribution >= 0.6 is 0 Å². The lowest BCUT2D eigenvalue weighted by Gasteiger charge is -2.35. The fraction of sp³-hybridized carbons (Fsp3) is 0.500. The number of hydrogen-bond acceptors (Lipinski definition) is 4. The van der Waals surface area contributed by atoms with Crippen molar-refractivity contribution in [1.82, 2.24) is 0 Å². The van der Waals surface area contributed by atoms with Gasteiger partial charge >= 0.3 is 0 Å². The predicted octanol–water partition coefficient (Wildman–Crippen LogP) is 19.8. The molecule has 0 radical (unpaired) electrons. The van der Waals surface area contributed by atoms with Gasteiger partial charge in [-0.25, -0.2) is 0 Å². The highest BCUT2D eigenvalue weighted by Crippen LogP contribution is 2.27. The minimum Gasteiger partial charge on any atom is -0.455 e. The normalized spacial score (nSPS) is 12.6. The first-order valence-corrected chi connectivity index (χ1v) is 56.0. The molecular weight excluding hydrogens is 1150 g/mol. The fourth-order valence-electron chi connectivity index (χ4n) is 11.0. The van der Waals surface area contributed by atoms with Gasteiger partial charge in [-0.3, -0.25) is 0 Å². The maximum Gasteiger partial charge on any atom is 0.206 e. The van der Waals surface area contributed by atoms with Gasteiger partial charge in [-0.2, -0.15) is 0 Å². The van der Waals surface area contributed by atoms with Crippen molar-refractivity contribution in [2.75, 3.05) is 0 Å². The Kier molecular flexibility index (Phi) is 29.5. The monoisotopic (exact) mass is 1270 g/mol. The molecule has 0 aromatic heterocycles. The van der Waals surface area contributed by atoms with E-state index in [-0.39, 0.29) is 0 Å². The predicted molar refractivity (Wildman–Crippen MR) is 396 cm³/mol. The summed E-state index contributed by atoms with van der Waals surface area (Å²) in [6.45, 7) is 59.5. The van der Waals surface area contributed by atoms with Crippen molar-refractivity contribution >= 4 is 87.3 Å². The maximum absolute atomic E-state index is 6.86. The number of aryl methyl sites for hydroxylation is 10. The zero-order chi connectivity index (χ0) is 63.5. The minimum atomic E-state index is -1.92. The molecule has 6 aromatic carbocycles. The van der Waals surface area contributed by atoms with Crippen LogP contribution in [0.15, 0.2) is 133 Å². The van der Waals surface area contributed by atoms with E-state index in [0.29, 0.717) is 0 Å². The molecule has 0 amide bonds. The first-order valence-electron chi connectivity index (χ1n) is 31.9. The molecule has 0 unspecified atom stereocenters. The van der Waals surface area contributed by atoms with Crippen LogP contribution in [-0.4, -0.2) is 66.5 Å². The Labute approximate surface area is 525 Å². The topological polar surface area (TPSA) is 36.9 Å². The summed E-state index contributed by atoms with van der Waals surface area (Å²) in [4.78, 5) is 0. The fourth-order valence-corrected chi connectivity index (χ4v) is 44.9. The van der Waals surface area contributed by atoms with E-state index in [9.17, 15) is 0 Å². The van der Waals surface area contributed by atoms with Gasteiger partial charge in [-0.05, 0) is 251 Å². The van der Waals surface area contributed by atoms with Crippen molar-refractivity contribution < 1.29 is 16.5 Å². The van der Waals surface area contributed by atoms with Crippen molar-refractivity contribution in [3.05, 3.63) is 189 Å². The van der Waals surface area contributed by atoms with Gasteiger partial charge in [0.2, 0.25) is 33.3 Å². The number of unbranched alkanes of at least 4 members (excludes halogenated alkanes) is 2.